The summed E-state index contributed by atoms with van der Waals surface area (Å²) in [6.45, 7) is 1.66. The molecule has 0 radical (unpaired) electrons. The van der Waals surface area contributed by atoms with Crippen molar-refractivity contribution in [2.75, 3.05) is 17.5 Å². The van der Waals surface area contributed by atoms with Crippen LogP contribution in [0.25, 0.3) is 55.8 Å². The van der Waals surface area contributed by atoms with E-state index >= 15 is 0 Å². The average Bonchev–Trinajstić information content (AvgIpc) is 3.62. The molecular weight excluding hydrogens is 599 g/mol. The number of benzene rings is 3. The molecule has 7 rings (SSSR count). The number of nitrogens with one attached hydrogen (secondary N) is 2. The number of aliphatic hydroxyl groups excluding tert-OH is 1. The number of pyridine rings is 1. The van der Waals surface area contributed by atoms with Crippen LogP contribution in [-0.4, -0.2) is 41.8 Å². The standard InChI is InChI=1S/C33H27FN4O6S/c1-3-45(41,42)37-25-15-29-23(30(33(40)35-2)32(44-29)18-7-9-20(34)10-8-18)13-22(25)24-11-12-28-31(36-24)27-14-21-19(16-39)5-4-6-26(21)38(27)17-43-28/h4-15,37,39H,3,16-17H2,1-2H3,(H,35,40). The third-order valence-electron chi connectivity index (χ3n) is 7.97. The number of hydrogen-bond donors (Lipinski definition) is 3. The van der Waals surface area contributed by atoms with E-state index in [1.54, 1.807) is 18.2 Å². The summed E-state index contributed by atoms with van der Waals surface area (Å²) < 4.78 is 56.1. The van der Waals surface area contributed by atoms with Gasteiger partial charge in [0, 0.05) is 35.0 Å². The maximum Gasteiger partial charge on any atom is 0.255 e. The zero-order valence-corrected chi connectivity index (χ0v) is 25.0. The van der Waals surface area contributed by atoms with E-state index < -0.39 is 21.7 Å². The van der Waals surface area contributed by atoms with Crippen molar-refractivity contribution in [1.29, 1.82) is 0 Å². The fourth-order valence-electron chi connectivity index (χ4n) is 5.68. The van der Waals surface area contributed by atoms with Crippen LogP contribution in [0.3, 0.4) is 0 Å². The SMILES string of the molecule is CCS(=O)(=O)Nc1cc2oc(-c3ccc(F)cc3)c(C(=O)NC)c2cc1-c1ccc2c(n1)-c1cc3c(CO)cccc3n1CO2. The van der Waals surface area contributed by atoms with Crippen LogP contribution in [0.4, 0.5) is 10.1 Å². The van der Waals surface area contributed by atoms with Crippen molar-refractivity contribution in [3.8, 4) is 39.7 Å². The van der Waals surface area contributed by atoms with Gasteiger partial charge in [0.15, 0.2) is 6.73 Å². The first kappa shape index (κ1) is 28.6. The van der Waals surface area contributed by atoms with Crippen molar-refractivity contribution >= 4 is 43.5 Å². The van der Waals surface area contributed by atoms with Gasteiger partial charge < -0.3 is 24.1 Å². The number of nitrogens with zero attached hydrogens (tertiary/aromatic N) is 2. The summed E-state index contributed by atoms with van der Waals surface area (Å²) in [4.78, 5) is 18.2. The minimum atomic E-state index is -3.74. The molecule has 228 valence electrons. The highest BCUT2D eigenvalue weighted by atomic mass is 32.2. The molecule has 4 heterocycles. The first-order valence-corrected chi connectivity index (χ1v) is 15.8. The van der Waals surface area contributed by atoms with E-state index in [1.807, 2.05) is 28.8 Å². The quantitative estimate of drug-likeness (QED) is 0.201. The molecule has 1 aliphatic rings. The maximum atomic E-state index is 13.7. The molecule has 3 aromatic carbocycles. The Morgan fingerprint density at radius 3 is 2.60 bits per heavy atom. The van der Waals surface area contributed by atoms with Gasteiger partial charge in [-0.1, -0.05) is 12.1 Å². The maximum absolute atomic E-state index is 13.7. The van der Waals surface area contributed by atoms with Gasteiger partial charge in [0.25, 0.3) is 5.91 Å². The van der Waals surface area contributed by atoms with Gasteiger partial charge >= 0.3 is 0 Å². The van der Waals surface area contributed by atoms with Crippen molar-refractivity contribution in [2.24, 2.45) is 0 Å². The van der Waals surface area contributed by atoms with Crippen LogP contribution in [0.2, 0.25) is 0 Å². The summed E-state index contributed by atoms with van der Waals surface area (Å²) in [6.07, 6.45) is 0. The van der Waals surface area contributed by atoms with E-state index in [0.29, 0.717) is 33.7 Å². The second-order valence-electron chi connectivity index (χ2n) is 10.6. The number of fused-ring (bicyclic) bond motifs is 6. The molecule has 0 saturated carbocycles. The summed E-state index contributed by atoms with van der Waals surface area (Å²) in [5.41, 5.74) is 4.94. The number of rotatable bonds is 7. The van der Waals surface area contributed by atoms with E-state index in [0.717, 1.165) is 22.2 Å². The molecule has 3 N–H and O–H groups in total. The Bertz CT molecular complexity index is 2260. The first-order chi connectivity index (χ1) is 21.7. The summed E-state index contributed by atoms with van der Waals surface area (Å²) >= 11 is 0. The molecule has 10 nitrogen and oxygen atoms in total. The second-order valence-corrected chi connectivity index (χ2v) is 12.6. The molecule has 0 atom stereocenters. The van der Waals surface area contributed by atoms with Crippen LogP contribution in [0.15, 0.2) is 77.2 Å². The van der Waals surface area contributed by atoms with E-state index in [-0.39, 0.29) is 41.7 Å². The van der Waals surface area contributed by atoms with E-state index in [1.165, 1.54) is 44.3 Å². The Kier molecular flexibility index (Phi) is 6.83. The van der Waals surface area contributed by atoms with Gasteiger partial charge in [0.2, 0.25) is 10.0 Å². The van der Waals surface area contributed by atoms with Crippen LogP contribution >= 0.6 is 0 Å². The molecule has 6 aromatic rings. The minimum Gasteiger partial charge on any atom is -0.470 e. The monoisotopic (exact) mass is 626 g/mol. The molecule has 0 fully saturated rings. The minimum absolute atomic E-state index is 0.124. The van der Waals surface area contributed by atoms with Crippen LogP contribution in [-0.2, 0) is 23.4 Å². The number of aliphatic hydroxyl groups is 1. The Hall–Kier alpha value is -5.20. The third kappa shape index (κ3) is 4.78. The number of ether oxygens (including phenoxy) is 1. The second kappa shape index (κ2) is 10.8. The number of carbonyl (C=O) groups is 1. The molecule has 0 spiro atoms. The summed E-state index contributed by atoms with van der Waals surface area (Å²) in [5.74, 6) is -0.293. The Morgan fingerprint density at radius 2 is 1.87 bits per heavy atom. The summed E-state index contributed by atoms with van der Waals surface area (Å²) in [5, 5.41) is 13.8. The Morgan fingerprint density at radius 1 is 1.07 bits per heavy atom. The van der Waals surface area contributed by atoms with E-state index in [2.05, 4.69) is 10.0 Å². The van der Waals surface area contributed by atoms with Crippen molar-refractivity contribution in [3.63, 3.8) is 0 Å². The molecule has 0 saturated heterocycles. The molecule has 45 heavy (non-hydrogen) atoms. The van der Waals surface area contributed by atoms with Crippen molar-refractivity contribution < 1.29 is 31.9 Å². The van der Waals surface area contributed by atoms with Gasteiger partial charge in [-0.25, -0.2) is 17.8 Å². The van der Waals surface area contributed by atoms with Crippen molar-refractivity contribution in [1.82, 2.24) is 14.9 Å². The lowest BCUT2D eigenvalue weighted by molar-refractivity contribution is 0.0964. The molecule has 1 aliphatic heterocycles. The highest BCUT2D eigenvalue weighted by molar-refractivity contribution is 7.92. The van der Waals surface area contributed by atoms with Crippen LogP contribution in [0.1, 0.15) is 22.8 Å². The van der Waals surface area contributed by atoms with Crippen molar-refractivity contribution in [2.45, 2.75) is 20.3 Å². The Balaban J connectivity index is 1.47. The zero-order chi connectivity index (χ0) is 31.5. The van der Waals surface area contributed by atoms with Crippen LogP contribution in [0, 0.1) is 5.82 Å². The fraction of sp³-hybridized carbons (Fsp3) is 0.152. The Labute approximate surface area is 257 Å². The van der Waals surface area contributed by atoms with Crippen LogP contribution in [0.5, 0.6) is 5.75 Å². The number of aromatic nitrogens is 2. The van der Waals surface area contributed by atoms with Crippen molar-refractivity contribution in [3.05, 3.63) is 89.7 Å². The predicted octanol–water partition coefficient (Wildman–Crippen LogP) is 5.89. The lowest BCUT2D eigenvalue weighted by Gasteiger charge is -2.21. The fourth-order valence-corrected chi connectivity index (χ4v) is 6.33. The lowest BCUT2D eigenvalue weighted by atomic mass is 10.0. The van der Waals surface area contributed by atoms with E-state index in [4.69, 9.17) is 14.1 Å². The number of hydrogen-bond acceptors (Lipinski definition) is 7. The highest BCUT2D eigenvalue weighted by Crippen LogP contribution is 2.43. The zero-order valence-electron chi connectivity index (χ0n) is 24.2. The van der Waals surface area contributed by atoms with Gasteiger partial charge in [-0.3, -0.25) is 9.52 Å². The smallest absolute Gasteiger partial charge is 0.255 e. The number of halogens is 1. The predicted molar refractivity (Wildman–Crippen MR) is 169 cm³/mol. The summed E-state index contributed by atoms with van der Waals surface area (Å²) in [6, 6.07) is 19.9. The molecule has 3 aromatic heterocycles. The molecule has 0 unspecified atom stereocenters. The first-order valence-electron chi connectivity index (χ1n) is 14.2. The largest absolute Gasteiger partial charge is 0.470 e. The van der Waals surface area contributed by atoms with Gasteiger partial charge in [-0.2, -0.15) is 0 Å². The van der Waals surface area contributed by atoms with Gasteiger partial charge in [-0.05, 0) is 67.1 Å². The summed E-state index contributed by atoms with van der Waals surface area (Å²) in [7, 11) is -2.24. The van der Waals surface area contributed by atoms with E-state index in [9.17, 15) is 22.7 Å². The molecule has 0 aliphatic carbocycles. The third-order valence-corrected chi connectivity index (χ3v) is 9.26. The average molecular weight is 627 g/mol. The topological polar surface area (TPSA) is 136 Å². The number of carbonyl (C=O) groups excluding carboxylic acids is 1. The van der Waals surface area contributed by atoms with Gasteiger partial charge in [0.1, 0.15) is 28.6 Å². The number of anilines is 1. The highest BCUT2D eigenvalue weighted by Gasteiger charge is 2.27. The number of furan rings is 1. The molecule has 1 amide bonds. The normalized spacial score (nSPS) is 12.5. The molecule has 0 bridgehead atoms. The molecule has 12 heteroatoms. The molecular formula is C33H27FN4O6S. The van der Waals surface area contributed by atoms with Gasteiger partial charge in [0.05, 0.1) is 40.5 Å². The number of amides is 1. The number of sulfonamides is 1. The van der Waals surface area contributed by atoms with Crippen LogP contribution < -0.4 is 14.8 Å². The lowest BCUT2D eigenvalue weighted by Crippen LogP contribution is -2.18. The van der Waals surface area contributed by atoms with Gasteiger partial charge in [-0.15, -0.1) is 0 Å².